The van der Waals surface area contributed by atoms with Crippen LogP contribution in [0.3, 0.4) is 0 Å². The van der Waals surface area contributed by atoms with E-state index in [0.717, 1.165) is 6.42 Å². The molecule has 2 fully saturated rings. The van der Waals surface area contributed by atoms with E-state index in [-0.39, 0.29) is 42.0 Å². The summed E-state index contributed by atoms with van der Waals surface area (Å²) < 4.78 is 11.6. The van der Waals surface area contributed by atoms with Gasteiger partial charge in [0.1, 0.15) is 12.2 Å². The van der Waals surface area contributed by atoms with Crippen LogP contribution < -0.4 is 0 Å². The Hall–Kier alpha value is -2.39. The first kappa shape index (κ1) is 22.3. The molecule has 1 saturated heterocycles. The fourth-order valence-corrected chi connectivity index (χ4v) is 4.66. The largest absolute Gasteiger partial charge is 0.462 e. The smallest absolute Gasteiger partial charge is 0.338 e. The van der Waals surface area contributed by atoms with Crippen LogP contribution in [-0.4, -0.2) is 29.9 Å². The van der Waals surface area contributed by atoms with Gasteiger partial charge in [0, 0.05) is 37.0 Å². The standard InChI is InChI=1S/C24H25BrO5/c1-3-4-6-9-15(2)23(27)19(25)12-17-18-13-22(26)29-20(18)14-21(17)30-24(28)16-10-7-5-8-11-16/h5,7-8,10-12,15,17-18,20-21H,3,9,13-14H2,1-2H3/t15-,17-,18+,20-,21+/m0/s1. The molecule has 0 radical (unpaired) electrons. The number of ether oxygens (including phenoxy) is 2. The lowest BCUT2D eigenvalue weighted by Gasteiger charge is -2.21. The highest BCUT2D eigenvalue weighted by Gasteiger charge is 2.51. The molecule has 3 rings (SSSR count). The number of Topliss-reactive ketones (excluding diaryl/α,β-unsaturated/α-hetero) is 1. The van der Waals surface area contributed by atoms with Crippen molar-refractivity contribution in [3.8, 4) is 11.8 Å². The third-order valence-corrected chi connectivity index (χ3v) is 6.21. The van der Waals surface area contributed by atoms with Gasteiger partial charge in [0.15, 0.2) is 5.78 Å². The Kier molecular flexibility index (Phi) is 7.49. The molecule has 1 aliphatic carbocycles. The number of hydrogen-bond acceptors (Lipinski definition) is 5. The van der Waals surface area contributed by atoms with Crippen molar-refractivity contribution in [1.29, 1.82) is 0 Å². The highest BCUT2D eigenvalue weighted by molar-refractivity contribution is 9.12. The van der Waals surface area contributed by atoms with E-state index < -0.39 is 12.1 Å². The fraction of sp³-hybridized carbons (Fsp3) is 0.458. The van der Waals surface area contributed by atoms with E-state index in [1.165, 1.54) is 0 Å². The van der Waals surface area contributed by atoms with Gasteiger partial charge in [-0.15, -0.1) is 11.8 Å². The first-order valence-electron chi connectivity index (χ1n) is 10.2. The second-order valence-electron chi connectivity index (χ2n) is 7.71. The zero-order valence-electron chi connectivity index (χ0n) is 17.1. The van der Waals surface area contributed by atoms with Gasteiger partial charge >= 0.3 is 11.9 Å². The maximum Gasteiger partial charge on any atom is 0.338 e. The molecule has 0 amide bonds. The summed E-state index contributed by atoms with van der Waals surface area (Å²) in [6.07, 6.45) is 2.97. The van der Waals surface area contributed by atoms with Crippen molar-refractivity contribution in [3.05, 3.63) is 46.5 Å². The maximum atomic E-state index is 12.7. The van der Waals surface area contributed by atoms with Gasteiger partial charge in [-0.25, -0.2) is 4.79 Å². The normalized spacial score (nSPS) is 26.2. The minimum Gasteiger partial charge on any atom is -0.462 e. The highest BCUT2D eigenvalue weighted by Crippen LogP contribution is 2.44. The SMILES string of the molecule is CCC#CC[C@H](C)C(=O)C(Br)=C[C@H]1[C@H]2CC(=O)O[C@H]2C[C@H]1OC(=O)c1ccccc1. The second-order valence-corrected chi connectivity index (χ2v) is 8.56. The Morgan fingerprint density at radius 3 is 2.73 bits per heavy atom. The third kappa shape index (κ3) is 5.20. The number of rotatable bonds is 6. The van der Waals surface area contributed by atoms with Crippen molar-refractivity contribution in [1.82, 2.24) is 0 Å². The second kappa shape index (κ2) is 10.1. The minimum absolute atomic E-state index is 0.0535. The molecule has 0 N–H and O–H groups in total. The summed E-state index contributed by atoms with van der Waals surface area (Å²) in [5.74, 6) is 4.62. The number of ketones is 1. The molecule has 30 heavy (non-hydrogen) atoms. The fourth-order valence-electron chi connectivity index (χ4n) is 3.96. The van der Waals surface area contributed by atoms with Crippen molar-refractivity contribution in [2.75, 3.05) is 0 Å². The molecule has 1 aromatic carbocycles. The first-order chi connectivity index (χ1) is 14.4. The van der Waals surface area contributed by atoms with Crippen LogP contribution >= 0.6 is 15.9 Å². The Bertz CT molecular complexity index is 895. The molecule has 1 aliphatic heterocycles. The van der Waals surface area contributed by atoms with Gasteiger partial charge in [0.25, 0.3) is 0 Å². The number of carbonyl (C=O) groups excluding carboxylic acids is 3. The van der Waals surface area contributed by atoms with Gasteiger partial charge < -0.3 is 9.47 Å². The third-order valence-electron chi connectivity index (χ3n) is 5.55. The predicted molar refractivity (Wildman–Crippen MR) is 116 cm³/mol. The van der Waals surface area contributed by atoms with E-state index in [1.54, 1.807) is 30.3 Å². The average Bonchev–Trinajstić information content (AvgIpc) is 3.24. The van der Waals surface area contributed by atoms with Crippen molar-refractivity contribution in [2.24, 2.45) is 17.8 Å². The number of fused-ring (bicyclic) bond motifs is 1. The summed E-state index contributed by atoms with van der Waals surface area (Å²) in [5, 5.41) is 0. The molecule has 1 saturated carbocycles. The van der Waals surface area contributed by atoms with Crippen molar-refractivity contribution in [3.63, 3.8) is 0 Å². The summed E-state index contributed by atoms with van der Waals surface area (Å²) in [5.41, 5.74) is 0.465. The van der Waals surface area contributed by atoms with E-state index >= 15 is 0 Å². The van der Waals surface area contributed by atoms with Crippen molar-refractivity contribution in [2.45, 2.75) is 51.7 Å². The van der Waals surface area contributed by atoms with Gasteiger partial charge in [0.2, 0.25) is 0 Å². The Morgan fingerprint density at radius 2 is 2.03 bits per heavy atom. The van der Waals surface area contributed by atoms with Crippen LogP contribution in [0.15, 0.2) is 40.9 Å². The quantitative estimate of drug-likeness (QED) is 0.347. The number of hydrogen-bond donors (Lipinski definition) is 0. The summed E-state index contributed by atoms with van der Waals surface area (Å²) in [6, 6.07) is 8.77. The predicted octanol–water partition coefficient (Wildman–Crippen LogP) is 4.45. The lowest BCUT2D eigenvalue weighted by molar-refractivity contribution is -0.141. The molecule has 0 unspecified atom stereocenters. The number of allylic oxidation sites excluding steroid dienone is 1. The zero-order chi connectivity index (χ0) is 21.7. The van der Waals surface area contributed by atoms with Crippen LogP contribution in [0.2, 0.25) is 0 Å². The number of carbonyl (C=O) groups is 3. The van der Waals surface area contributed by atoms with E-state index in [4.69, 9.17) is 9.47 Å². The topological polar surface area (TPSA) is 69.7 Å². The first-order valence-corrected chi connectivity index (χ1v) is 11.0. The van der Waals surface area contributed by atoms with Crippen LogP contribution in [0.5, 0.6) is 0 Å². The van der Waals surface area contributed by atoms with Crippen molar-refractivity contribution < 1.29 is 23.9 Å². The molecular formula is C24H25BrO5. The zero-order valence-corrected chi connectivity index (χ0v) is 18.7. The maximum absolute atomic E-state index is 12.7. The van der Waals surface area contributed by atoms with Crippen LogP contribution in [0.1, 0.15) is 49.9 Å². The Balaban J connectivity index is 1.77. The summed E-state index contributed by atoms with van der Waals surface area (Å²) >= 11 is 3.41. The van der Waals surface area contributed by atoms with Gasteiger partial charge in [-0.1, -0.05) is 38.1 Å². The summed E-state index contributed by atoms with van der Waals surface area (Å²) in [6.45, 7) is 3.81. The molecule has 1 aromatic rings. The molecule has 0 spiro atoms. The molecule has 1 heterocycles. The van der Waals surface area contributed by atoms with Crippen LogP contribution in [0, 0.1) is 29.6 Å². The lowest BCUT2D eigenvalue weighted by Crippen LogP contribution is -2.25. The minimum atomic E-state index is -0.462. The Morgan fingerprint density at radius 1 is 1.30 bits per heavy atom. The van der Waals surface area contributed by atoms with Gasteiger partial charge in [-0.05, 0) is 28.1 Å². The molecule has 0 bridgehead atoms. The van der Waals surface area contributed by atoms with Crippen LogP contribution in [0.25, 0.3) is 0 Å². The van der Waals surface area contributed by atoms with E-state index in [9.17, 15) is 14.4 Å². The van der Waals surface area contributed by atoms with Gasteiger partial charge in [0.05, 0.1) is 16.5 Å². The Labute approximate surface area is 185 Å². The van der Waals surface area contributed by atoms with Gasteiger partial charge in [-0.2, -0.15) is 0 Å². The molecule has 5 nitrogen and oxygen atoms in total. The molecule has 2 aliphatic rings. The van der Waals surface area contributed by atoms with E-state index in [0.29, 0.717) is 22.9 Å². The van der Waals surface area contributed by atoms with E-state index in [2.05, 4.69) is 27.8 Å². The highest BCUT2D eigenvalue weighted by atomic mass is 79.9. The molecule has 158 valence electrons. The van der Waals surface area contributed by atoms with E-state index in [1.807, 2.05) is 19.9 Å². The van der Waals surface area contributed by atoms with Crippen molar-refractivity contribution >= 4 is 33.7 Å². The lowest BCUT2D eigenvalue weighted by atomic mass is 9.90. The van der Waals surface area contributed by atoms with Crippen LogP contribution in [0.4, 0.5) is 0 Å². The monoisotopic (exact) mass is 472 g/mol. The van der Waals surface area contributed by atoms with Gasteiger partial charge in [-0.3, -0.25) is 9.59 Å². The molecular weight excluding hydrogens is 448 g/mol. The summed E-state index contributed by atoms with van der Waals surface area (Å²) in [7, 11) is 0. The number of esters is 2. The molecule has 6 heteroatoms. The van der Waals surface area contributed by atoms with Crippen LogP contribution in [-0.2, 0) is 19.1 Å². The molecule has 0 aromatic heterocycles. The molecule has 5 atom stereocenters. The average molecular weight is 473 g/mol. The summed E-state index contributed by atoms with van der Waals surface area (Å²) in [4.78, 5) is 37.1. The number of halogens is 1. The number of benzene rings is 1.